The minimum Gasteiger partial charge on any atom is -0.503 e. The first-order valence-electron chi connectivity index (χ1n) is 5.69. The molecule has 2 rings (SSSR count). The number of nitrogens with zero attached hydrogens (tertiary/aromatic N) is 1. The number of aromatic nitrogens is 1. The Kier molecular flexibility index (Phi) is 3.45. The number of carbonyl (C=O) groups excluding carboxylic acids is 2. The van der Waals surface area contributed by atoms with E-state index in [9.17, 15) is 14.7 Å². The number of methoxy groups -OCH3 is 1. The van der Waals surface area contributed by atoms with Gasteiger partial charge in [0, 0.05) is 18.7 Å². The number of amides is 1. The molecule has 0 bridgehead atoms. The summed E-state index contributed by atoms with van der Waals surface area (Å²) in [6, 6.07) is 0.984. The fourth-order valence-corrected chi connectivity index (χ4v) is 1.96. The molecule has 1 amide bonds. The third-order valence-electron chi connectivity index (χ3n) is 2.93. The van der Waals surface area contributed by atoms with Crippen LogP contribution in [0.3, 0.4) is 0 Å². The van der Waals surface area contributed by atoms with Crippen LogP contribution in [0.25, 0.3) is 0 Å². The molecule has 1 saturated carbocycles. The largest absolute Gasteiger partial charge is 0.503 e. The summed E-state index contributed by atoms with van der Waals surface area (Å²) >= 11 is 0. The zero-order valence-electron chi connectivity index (χ0n) is 9.97. The van der Waals surface area contributed by atoms with E-state index in [0.717, 1.165) is 6.42 Å². The topological polar surface area (TPSA) is 88.5 Å². The van der Waals surface area contributed by atoms with Gasteiger partial charge in [0.2, 0.25) is 0 Å². The van der Waals surface area contributed by atoms with Crippen molar-refractivity contribution in [2.75, 3.05) is 7.11 Å². The van der Waals surface area contributed by atoms with Crippen LogP contribution in [0.4, 0.5) is 0 Å². The molecule has 1 aromatic heterocycles. The molecule has 1 fully saturated rings. The van der Waals surface area contributed by atoms with Gasteiger partial charge >= 0.3 is 0 Å². The maximum Gasteiger partial charge on any atom is 0.274 e. The van der Waals surface area contributed by atoms with Crippen molar-refractivity contribution >= 4 is 11.7 Å². The minimum atomic E-state index is -0.563. The predicted molar refractivity (Wildman–Crippen MR) is 62.6 cm³/mol. The van der Waals surface area contributed by atoms with E-state index in [-0.39, 0.29) is 23.0 Å². The number of rotatable bonds is 3. The summed E-state index contributed by atoms with van der Waals surface area (Å²) in [6.07, 6.45) is 3.27. The maximum absolute atomic E-state index is 11.9. The molecule has 1 aromatic rings. The molecule has 0 aromatic carbocycles. The zero-order chi connectivity index (χ0) is 13.1. The van der Waals surface area contributed by atoms with Crippen LogP contribution < -0.4 is 10.1 Å². The zero-order valence-corrected chi connectivity index (χ0v) is 9.97. The smallest absolute Gasteiger partial charge is 0.274 e. The van der Waals surface area contributed by atoms with E-state index >= 15 is 0 Å². The van der Waals surface area contributed by atoms with E-state index in [0.29, 0.717) is 12.8 Å². The van der Waals surface area contributed by atoms with E-state index in [4.69, 9.17) is 4.74 Å². The van der Waals surface area contributed by atoms with Crippen molar-refractivity contribution in [1.29, 1.82) is 0 Å². The van der Waals surface area contributed by atoms with Crippen LogP contribution in [0, 0.1) is 0 Å². The number of hydrogen-bond acceptors (Lipinski definition) is 5. The van der Waals surface area contributed by atoms with Gasteiger partial charge in [-0.2, -0.15) is 0 Å². The number of pyridine rings is 1. The molecule has 18 heavy (non-hydrogen) atoms. The Morgan fingerprint density at radius 3 is 3.00 bits per heavy atom. The summed E-state index contributed by atoms with van der Waals surface area (Å²) < 4.78 is 4.89. The molecule has 0 saturated heterocycles. The second kappa shape index (κ2) is 5.03. The number of ketones is 1. The van der Waals surface area contributed by atoms with Crippen LogP contribution in [-0.2, 0) is 4.79 Å². The van der Waals surface area contributed by atoms with Crippen molar-refractivity contribution in [2.45, 2.75) is 25.3 Å². The van der Waals surface area contributed by atoms with Crippen LogP contribution in [0.15, 0.2) is 12.3 Å². The summed E-state index contributed by atoms with van der Waals surface area (Å²) in [5.74, 6) is -0.687. The Labute approximate surface area is 104 Å². The monoisotopic (exact) mass is 250 g/mol. The van der Waals surface area contributed by atoms with Crippen molar-refractivity contribution in [3.05, 3.63) is 18.0 Å². The highest BCUT2D eigenvalue weighted by atomic mass is 16.5. The predicted octanol–water partition coefficient (Wildman–Crippen LogP) is 0.647. The third-order valence-corrected chi connectivity index (χ3v) is 2.93. The molecule has 1 atom stereocenters. The molecular formula is C12H14N2O4. The lowest BCUT2D eigenvalue weighted by atomic mass is 10.2. The summed E-state index contributed by atoms with van der Waals surface area (Å²) in [5.41, 5.74) is -0.131. The van der Waals surface area contributed by atoms with Crippen molar-refractivity contribution in [3.63, 3.8) is 0 Å². The van der Waals surface area contributed by atoms with Crippen molar-refractivity contribution in [1.82, 2.24) is 10.3 Å². The highest BCUT2D eigenvalue weighted by molar-refractivity contribution is 5.99. The normalized spacial score (nSPS) is 18.7. The van der Waals surface area contributed by atoms with E-state index in [1.807, 2.05) is 0 Å². The van der Waals surface area contributed by atoms with Gasteiger partial charge in [0.15, 0.2) is 23.0 Å². The molecule has 1 unspecified atom stereocenters. The number of hydrogen-bond donors (Lipinski definition) is 2. The fourth-order valence-electron chi connectivity index (χ4n) is 1.96. The average Bonchev–Trinajstić information content (AvgIpc) is 2.75. The summed E-state index contributed by atoms with van der Waals surface area (Å²) in [7, 11) is 1.39. The van der Waals surface area contributed by atoms with Gasteiger partial charge in [-0.3, -0.25) is 9.59 Å². The Bertz CT molecular complexity index is 487. The molecule has 0 radical (unpaired) electrons. The number of Topliss-reactive ketones (excluding diaryl/α,β-unsaturated/α-hetero) is 1. The summed E-state index contributed by atoms with van der Waals surface area (Å²) in [4.78, 5) is 27.1. The standard InChI is InChI=1S/C12H14N2O4/c1-18-9-5-6-13-10(11(9)16)12(17)14-7-3-2-4-8(7)15/h5-7,16H,2-4H2,1H3,(H,14,17). The van der Waals surface area contributed by atoms with Gasteiger partial charge in [-0.15, -0.1) is 0 Å². The minimum absolute atomic E-state index is 0.0192. The molecule has 1 heterocycles. The number of carbonyl (C=O) groups is 2. The maximum atomic E-state index is 11.9. The first kappa shape index (κ1) is 12.3. The highest BCUT2D eigenvalue weighted by Gasteiger charge is 2.27. The molecule has 2 N–H and O–H groups in total. The third kappa shape index (κ3) is 2.27. The second-order valence-corrected chi connectivity index (χ2v) is 4.10. The lowest BCUT2D eigenvalue weighted by Crippen LogP contribution is -2.37. The van der Waals surface area contributed by atoms with E-state index in [1.165, 1.54) is 19.4 Å². The van der Waals surface area contributed by atoms with Crippen molar-refractivity contribution in [3.8, 4) is 11.5 Å². The summed E-state index contributed by atoms with van der Waals surface area (Å²) in [6.45, 7) is 0. The van der Waals surface area contributed by atoms with E-state index in [2.05, 4.69) is 10.3 Å². The Balaban J connectivity index is 2.16. The molecule has 0 spiro atoms. The molecule has 96 valence electrons. The number of aromatic hydroxyl groups is 1. The number of nitrogens with one attached hydrogen (secondary N) is 1. The first-order valence-corrected chi connectivity index (χ1v) is 5.69. The van der Waals surface area contributed by atoms with Crippen molar-refractivity contribution in [2.24, 2.45) is 0 Å². The molecule has 0 aliphatic heterocycles. The van der Waals surface area contributed by atoms with Gasteiger partial charge in [-0.25, -0.2) is 4.98 Å². The SMILES string of the molecule is COc1ccnc(C(=O)NC2CCCC2=O)c1O. The Morgan fingerprint density at radius 2 is 2.39 bits per heavy atom. The van der Waals surface area contributed by atoms with Gasteiger partial charge < -0.3 is 15.2 Å². The van der Waals surface area contributed by atoms with Crippen LogP contribution >= 0.6 is 0 Å². The van der Waals surface area contributed by atoms with E-state index < -0.39 is 11.9 Å². The first-order chi connectivity index (χ1) is 8.63. The van der Waals surface area contributed by atoms with Gasteiger partial charge in [-0.05, 0) is 12.8 Å². The fraction of sp³-hybridized carbons (Fsp3) is 0.417. The molecule has 6 heteroatoms. The average molecular weight is 250 g/mol. The van der Waals surface area contributed by atoms with Crippen LogP contribution in [0.2, 0.25) is 0 Å². The molecule has 6 nitrogen and oxygen atoms in total. The second-order valence-electron chi connectivity index (χ2n) is 4.10. The Morgan fingerprint density at radius 1 is 1.61 bits per heavy atom. The van der Waals surface area contributed by atoms with Gasteiger partial charge in [-0.1, -0.05) is 0 Å². The summed E-state index contributed by atoms with van der Waals surface area (Å²) in [5, 5.41) is 12.3. The van der Waals surface area contributed by atoms with E-state index in [1.54, 1.807) is 0 Å². The van der Waals surface area contributed by atoms with Gasteiger partial charge in [0.25, 0.3) is 5.91 Å². The van der Waals surface area contributed by atoms with Gasteiger partial charge in [0.05, 0.1) is 13.2 Å². The van der Waals surface area contributed by atoms with Crippen LogP contribution in [0.1, 0.15) is 29.8 Å². The Hall–Kier alpha value is -2.11. The molecule has 1 aliphatic rings. The molecular weight excluding hydrogens is 236 g/mol. The van der Waals surface area contributed by atoms with Gasteiger partial charge in [0.1, 0.15) is 0 Å². The highest BCUT2D eigenvalue weighted by Crippen LogP contribution is 2.27. The van der Waals surface area contributed by atoms with Crippen LogP contribution in [-0.4, -0.2) is 34.9 Å². The number of ether oxygens (including phenoxy) is 1. The lowest BCUT2D eigenvalue weighted by molar-refractivity contribution is -0.118. The van der Waals surface area contributed by atoms with Crippen LogP contribution in [0.5, 0.6) is 11.5 Å². The lowest BCUT2D eigenvalue weighted by Gasteiger charge is -2.12. The quantitative estimate of drug-likeness (QED) is 0.822. The molecule has 1 aliphatic carbocycles. The van der Waals surface area contributed by atoms with Crippen molar-refractivity contribution < 1.29 is 19.4 Å².